The third-order valence-corrected chi connectivity index (χ3v) is 4.67. The van der Waals surface area contributed by atoms with E-state index in [1.807, 2.05) is 35.2 Å². The molecule has 1 saturated heterocycles. The molecule has 3 N–H and O–H groups in total. The number of nitrogens with one attached hydrogen (secondary N) is 2. The second-order valence-corrected chi connectivity index (χ2v) is 6.34. The van der Waals surface area contributed by atoms with Crippen molar-refractivity contribution in [3.05, 3.63) is 59.8 Å². The van der Waals surface area contributed by atoms with Gasteiger partial charge in [-0.25, -0.2) is 4.79 Å². The highest BCUT2D eigenvalue weighted by molar-refractivity contribution is 6.31. The average molecular weight is 365 g/mol. The van der Waals surface area contributed by atoms with Crippen LogP contribution >= 0.6 is 0 Å². The first-order valence-corrected chi connectivity index (χ1v) is 8.71. The SMILES string of the molecule is O=C1Nc2ccccc2/C1=C/Nc1ccc(N2CCOCC2)c(C(=O)O)c1. The maximum absolute atomic E-state index is 12.2. The predicted molar refractivity (Wildman–Crippen MR) is 103 cm³/mol. The Bertz CT molecular complexity index is 933. The van der Waals surface area contributed by atoms with Gasteiger partial charge in [-0.2, -0.15) is 0 Å². The maximum Gasteiger partial charge on any atom is 0.337 e. The Kier molecular flexibility index (Phi) is 4.52. The van der Waals surface area contributed by atoms with E-state index in [4.69, 9.17) is 4.74 Å². The van der Waals surface area contributed by atoms with Crippen LogP contribution in [0.2, 0.25) is 0 Å². The summed E-state index contributed by atoms with van der Waals surface area (Å²) >= 11 is 0. The van der Waals surface area contributed by atoms with Gasteiger partial charge in [0.1, 0.15) is 0 Å². The molecule has 1 fully saturated rings. The number of fused-ring (bicyclic) bond motifs is 1. The highest BCUT2D eigenvalue weighted by Gasteiger charge is 2.23. The molecule has 0 bridgehead atoms. The van der Waals surface area contributed by atoms with Gasteiger partial charge in [-0.1, -0.05) is 18.2 Å². The van der Waals surface area contributed by atoms with Crippen molar-refractivity contribution in [3.63, 3.8) is 0 Å². The number of morpholine rings is 1. The Hall–Kier alpha value is -3.32. The van der Waals surface area contributed by atoms with Gasteiger partial charge in [0.05, 0.1) is 30.0 Å². The van der Waals surface area contributed by atoms with Crippen LogP contribution in [0.3, 0.4) is 0 Å². The standard InChI is InChI=1S/C20H19N3O4/c24-19-16(14-3-1-2-4-17(14)22-19)12-21-13-5-6-18(15(11-13)20(25)26)23-7-9-27-10-8-23/h1-6,11-12,21H,7-10H2,(H,22,24)(H,25,26)/b16-12-. The molecule has 2 heterocycles. The van der Waals surface area contributed by atoms with Crippen molar-refractivity contribution in [1.82, 2.24) is 0 Å². The molecule has 2 aliphatic rings. The van der Waals surface area contributed by atoms with E-state index < -0.39 is 5.97 Å². The maximum atomic E-state index is 12.2. The molecule has 0 spiro atoms. The van der Waals surface area contributed by atoms with Crippen molar-refractivity contribution < 1.29 is 19.4 Å². The van der Waals surface area contributed by atoms with Crippen LogP contribution in [0.1, 0.15) is 15.9 Å². The van der Waals surface area contributed by atoms with Crippen molar-refractivity contribution in [3.8, 4) is 0 Å². The number of benzene rings is 2. The van der Waals surface area contributed by atoms with Crippen LogP contribution in [-0.2, 0) is 9.53 Å². The summed E-state index contributed by atoms with van der Waals surface area (Å²) in [6.07, 6.45) is 1.61. The van der Waals surface area contributed by atoms with E-state index in [1.54, 1.807) is 18.3 Å². The zero-order chi connectivity index (χ0) is 18.8. The topological polar surface area (TPSA) is 90.9 Å². The number of hydrogen-bond acceptors (Lipinski definition) is 5. The van der Waals surface area contributed by atoms with Gasteiger partial charge in [-0.05, 0) is 24.3 Å². The summed E-state index contributed by atoms with van der Waals surface area (Å²) in [5.41, 5.74) is 3.60. The number of ether oxygens (including phenoxy) is 1. The number of carboxylic acid groups (broad SMARTS) is 1. The summed E-state index contributed by atoms with van der Waals surface area (Å²) in [5.74, 6) is -1.18. The highest BCUT2D eigenvalue weighted by atomic mass is 16.5. The Labute approximate surface area is 156 Å². The van der Waals surface area contributed by atoms with E-state index in [9.17, 15) is 14.7 Å². The molecule has 0 saturated carbocycles. The Morgan fingerprint density at radius 2 is 1.96 bits per heavy atom. The van der Waals surface area contributed by atoms with Gasteiger partial charge in [0.15, 0.2) is 0 Å². The fourth-order valence-corrected chi connectivity index (χ4v) is 3.31. The van der Waals surface area contributed by atoms with Crippen molar-refractivity contribution in [2.24, 2.45) is 0 Å². The van der Waals surface area contributed by atoms with E-state index in [1.165, 1.54) is 0 Å². The van der Waals surface area contributed by atoms with E-state index in [-0.39, 0.29) is 11.5 Å². The number of nitrogens with zero attached hydrogens (tertiary/aromatic N) is 1. The first kappa shape index (κ1) is 17.1. The molecule has 0 aliphatic carbocycles. The third-order valence-electron chi connectivity index (χ3n) is 4.67. The number of aromatic carboxylic acids is 1. The van der Waals surface area contributed by atoms with Gasteiger partial charge in [-0.3, -0.25) is 4.79 Å². The minimum atomic E-state index is -0.989. The number of anilines is 3. The molecule has 4 rings (SSSR count). The highest BCUT2D eigenvalue weighted by Crippen LogP contribution is 2.31. The Balaban J connectivity index is 1.60. The quantitative estimate of drug-likeness (QED) is 0.722. The van der Waals surface area contributed by atoms with Gasteiger partial charge in [0.25, 0.3) is 5.91 Å². The first-order valence-electron chi connectivity index (χ1n) is 8.71. The van der Waals surface area contributed by atoms with Crippen molar-refractivity contribution in [2.45, 2.75) is 0 Å². The van der Waals surface area contributed by atoms with Crippen LogP contribution in [0.5, 0.6) is 0 Å². The second-order valence-electron chi connectivity index (χ2n) is 6.34. The molecule has 27 heavy (non-hydrogen) atoms. The van der Waals surface area contributed by atoms with Crippen LogP contribution in [0.4, 0.5) is 17.1 Å². The number of amides is 1. The summed E-state index contributed by atoms with van der Waals surface area (Å²) in [5, 5.41) is 15.5. The monoisotopic (exact) mass is 365 g/mol. The minimum absolute atomic E-state index is 0.188. The van der Waals surface area contributed by atoms with Gasteiger partial charge in [0, 0.05) is 36.2 Å². The Morgan fingerprint density at radius 1 is 1.19 bits per heavy atom. The molecule has 7 heteroatoms. The smallest absolute Gasteiger partial charge is 0.337 e. The molecule has 0 unspecified atom stereocenters. The molecule has 2 aromatic rings. The summed E-state index contributed by atoms with van der Waals surface area (Å²) in [6, 6.07) is 12.6. The molecule has 1 amide bonds. The molecule has 2 aromatic carbocycles. The zero-order valence-corrected chi connectivity index (χ0v) is 14.6. The molecular formula is C20H19N3O4. The lowest BCUT2D eigenvalue weighted by atomic mass is 10.1. The van der Waals surface area contributed by atoms with E-state index >= 15 is 0 Å². The molecule has 2 aliphatic heterocycles. The largest absolute Gasteiger partial charge is 0.478 e. The molecular weight excluding hydrogens is 346 g/mol. The number of para-hydroxylation sites is 1. The lowest BCUT2D eigenvalue weighted by Crippen LogP contribution is -2.37. The van der Waals surface area contributed by atoms with Crippen LogP contribution in [-0.4, -0.2) is 43.3 Å². The average Bonchev–Trinajstić information content (AvgIpc) is 3.02. The number of hydrogen-bond donors (Lipinski definition) is 3. The predicted octanol–water partition coefficient (Wildman–Crippen LogP) is 2.63. The minimum Gasteiger partial charge on any atom is -0.478 e. The summed E-state index contributed by atoms with van der Waals surface area (Å²) in [4.78, 5) is 25.9. The summed E-state index contributed by atoms with van der Waals surface area (Å²) in [7, 11) is 0. The number of carbonyl (C=O) groups excluding carboxylic acids is 1. The first-order chi connectivity index (χ1) is 13.1. The van der Waals surface area contributed by atoms with E-state index in [2.05, 4.69) is 10.6 Å². The van der Waals surface area contributed by atoms with Crippen molar-refractivity contribution in [2.75, 3.05) is 41.8 Å². The van der Waals surface area contributed by atoms with Gasteiger partial charge >= 0.3 is 5.97 Å². The number of carboxylic acids is 1. The van der Waals surface area contributed by atoms with E-state index in [0.29, 0.717) is 43.3 Å². The van der Waals surface area contributed by atoms with E-state index in [0.717, 1.165) is 11.3 Å². The van der Waals surface area contributed by atoms with Crippen LogP contribution in [0.25, 0.3) is 5.57 Å². The number of carbonyl (C=O) groups is 2. The van der Waals surface area contributed by atoms with Gasteiger partial charge < -0.3 is 25.4 Å². The fourth-order valence-electron chi connectivity index (χ4n) is 3.31. The summed E-state index contributed by atoms with van der Waals surface area (Å²) in [6.45, 7) is 2.49. The lowest BCUT2D eigenvalue weighted by molar-refractivity contribution is -0.110. The second kappa shape index (κ2) is 7.13. The molecule has 0 radical (unpaired) electrons. The molecule has 0 atom stereocenters. The summed E-state index contributed by atoms with van der Waals surface area (Å²) < 4.78 is 5.33. The third kappa shape index (κ3) is 3.37. The van der Waals surface area contributed by atoms with Crippen LogP contribution in [0.15, 0.2) is 48.7 Å². The molecule has 0 aromatic heterocycles. The number of rotatable bonds is 4. The van der Waals surface area contributed by atoms with Crippen LogP contribution in [0, 0.1) is 0 Å². The van der Waals surface area contributed by atoms with Gasteiger partial charge in [0.2, 0.25) is 0 Å². The normalized spacial score (nSPS) is 17.6. The van der Waals surface area contributed by atoms with Crippen LogP contribution < -0.4 is 15.5 Å². The lowest BCUT2D eigenvalue weighted by Gasteiger charge is -2.30. The van der Waals surface area contributed by atoms with Gasteiger partial charge in [-0.15, -0.1) is 0 Å². The zero-order valence-electron chi connectivity index (χ0n) is 14.6. The van der Waals surface area contributed by atoms with Crippen molar-refractivity contribution >= 4 is 34.5 Å². The fraction of sp³-hybridized carbons (Fsp3) is 0.200. The molecule has 7 nitrogen and oxygen atoms in total. The van der Waals surface area contributed by atoms with Crippen molar-refractivity contribution in [1.29, 1.82) is 0 Å². The Morgan fingerprint density at radius 3 is 2.74 bits per heavy atom. The molecule has 138 valence electrons.